The van der Waals surface area contributed by atoms with Crippen LogP contribution in [0.5, 0.6) is 0 Å². The lowest BCUT2D eigenvalue weighted by Crippen LogP contribution is -2.37. The Labute approximate surface area is 163 Å². The highest BCUT2D eigenvalue weighted by molar-refractivity contribution is 6.35. The first-order valence-corrected chi connectivity index (χ1v) is 9.54. The second-order valence-electron chi connectivity index (χ2n) is 6.70. The molecule has 0 aliphatic carbocycles. The van der Waals surface area contributed by atoms with Crippen molar-refractivity contribution in [1.29, 1.82) is 0 Å². The zero-order chi connectivity index (χ0) is 19.2. The minimum atomic E-state index is -1.75. The maximum atomic E-state index is 11.8. The summed E-state index contributed by atoms with van der Waals surface area (Å²) in [5, 5.41) is 11.6. The molecule has 0 aromatic heterocycles. The molecule has 2 unspecified atom stereocenters. The van der Waals surface area contributed by atoms with Gasteiger partial charge in [0, 0.05) is 16.5 Å². The van der Waals surface area contributed by atoms with Gasteiger partial charge in [-0.1, -0.05) is 42.1 Å². The third-order valence-electron chi connectivity index (χ3n) is 4.62. The van der Waals surface area contributed by atoms with E-state index in [1.807, 2.05) is 12.1 Å². The molecule has 2 rings (SSSR count). The van der Waals surface area contributed by atoms with Crippen LogP contribution in [0.25, 0.3) is 0 Å². The molecule has 7 heteroatoms. The van der Waals surface area contributed by atoms with Gasteiger partial charge in [-0.3, -0.25) is 4.79 Å². The summed E-state index contributed by atoms with van der Waals surface area (Å²) in [6.07, 6.45) is 4.94. The van der Waals surface area contributed by atoms with Crippen LogP contribution in [0.3, 0.4) is 0 Å². The molecular weight excluding hydrogens is 379 g/mol. The fourth-order valence-electron chi connectivity index (χ4n) is 3.14. The molecule has 1 aliphatic rings. The molecule has 1 N–H and O–H groups in total. The molecule has 1 aliphatic heterocycles. The number of aryl methyl sites for hydroxylation is 1. The van der Waals surface area contributed by atoms with E-state index in [0.29, 0.717) is 16.5 Å². The SMILES string of the molecule is COC(=O)CC1(O)CC(CCCCCCc2ccc(Cl)cc2Cl)OC1=O. The Morgan fingerprint density at radius 3 is 2.73 bits per heavy atom. The number of halogens is 2. The van der Waals surface area contributed by atoms with Crippen molar-refractivity contribution in [1.82, 2.24) is 0 Å². The summed E-state index contributed by atoms with van der Waals surface area (Å²) in [7, 11) is 1.22. The van der Waals surface area contributed by atoms with Gasteiger partial charge in [0.05, 0.1) is 13.5 Å². The Balaban J connectivity index is 1.64. The largest absolute Gasteiger partial charge is 0.469 e. The molecule has 144 valence electrons. The molecule has 0 radical (unpaired) electrons. The van der Waals surface area contributed by atoms with Crippen molar-refractivity contribution >= 4 is 35.1 Å². The summed E-state index contributed by atoms with van der Waals surface area (Å²) < 4.78 is 9.71. The minimum absolute atomic E-state index is 0.140. The standard InChI is InChI=1S/C19H24Cl2O5/c1-25-17(22)12-19(24)11-15(26-18(19)23)7-5-3-2-4-6-13-8-9-14(20)10-16(13)21/h8-10,15,24H,2-7,11-12H2,1H3. The molecule has 1 heterocycles. The van der Waals surface area contributed by atoms with E-state index >= 15 is 0 Å². The van der Waals surface area contributed by atoms with Gasteiger partial charge < -0.3 is 14.6 Å². The monoisotopic (exact) mass is 402 g/mol. The molecule has 1 saturated heterocycles. The number of unbranched alkanes of at least 4 members (excludes halogenated alkanes) is 3. The van der Waals surface area contributed by atoms with Gasteiger partial charge in [0.15, 0.2) is 5.60 Å². The zero-order valence-corrected chi connectivity index (χ0v) is 16.3. The first kappa shape index (κ1) is 21.0. The molecule has 1 fully saturated rings. The lowest BCUT2D eigenvalue weighted by Gasteiger charge is -2.15. The van der Waals surface area contributed by atoms with Gasteiger partial charge in [-0.2, -0.15) is 0 Å². The maximum absolute atomic E-state index is 11.8. The average Bonchev–Trinajstić information content (AvgIpc) is 2.86. The molecule has 1 aromatic rings. The van der Waals surface area contributed by atoms with Crippen LogP contribution < -0.4 is 0 Å². The zero-order valence-electron chi connectivity index (χ0n) is 14.8. The number of cyclic esters (lactones) is 1. The number of carbonyl (C=O) groups excluding carboxylic acids is 2. The summed E-state index contributed by atoms with van der Waals surface area (Å²) in [6.45, 7) is 0. The number of ether oxygens (including phenoxy) is 2. The first-order chi connectivity index (χ1) is 12.3. The lowest BCUT2D eigenvalue weighted by atomic mass is 9.93. The maximum Gasteiger partial charge on any atom is 0.339 e. The predicted molar refractivity (Wildman–Crippen MR) is 99.3 cm³/mol. The molecule has 5 nitrogen and oxygen atoms in total. The highest BCUT2D eigenvalue weighted by Crippen LogP contribution is 2.32. The van der Waals surface area contributed by atoms with E-state index in [-0.39, 0.29) is 18.9 Å². The van der Waals surface area contributed by atoms with E-state index in [2.05, 4.69) is 4.74 Å². The van der Waals surface area contributed by atoms with E-state index in [1.54, 1.807) is 6.07 Å². The van der Waals surface area contributed by atoms with Crippen LogP contribution in [0.1, 0.15) is 50.5 Å². The fraction of sp³-hybridized carbons (Fsp3) is 0.579. The van der Waals surface area contributed by atoms with Gasteiger partial charge >= 0.3 is 11.9 Å². The third kappa shape index (κ3) is 5.86. The smallest absolute Gasteiger partial charge is 0.339 e. The molecule has 0 spiro atoms. The third-order valence-corrected chi connectivity index (χ3v) is 5.21. The molecule has 2 atom stereocenters. The molecule has 0 amide bonds. The van der Waals surface area contributed by atoms with Gasteiger partial charge in [0.25, 0.3) is 0 Å². The number of methoxy groups -OCH3 is 1. The Hall–Kier alpha value is -1.30. The number of aliphatic hydroxyl groups is 1. The van der Waals surface area contributed by atoms with E-state index < -0.39 is 17.5 Å². The molecule has 0 saturated carbocycles. The van der Waals surface area contributed by atoms with Crippen molar-refractivity contribution in [2.24, 2.45) is 0 Å². The van der Waals surface area contributed by atoms with Gasteiger partial charge in [-0.05, 0) is 43.4 Å². The summed E-state index contributed by atoms with van der Waals surface area (Å²) >= 11 is 12.0. The Morgan fingerprint density at radius 1 is 1.31 bits per heavy atom. The Morgan fingerprint density at radius 2 is 2.04 bits per heavy atom. The van der Waals surface area contributed by atoms with Crippen LogP contribution in [-0.4, -0.2) is 35.9 Å². The van der Waals surface area contributed by atoms with Gasteiger partial charge in [0.1, 0.15) is 6.10 Å². The first-order valence-electron chi connectivity index (χ1n) is 8.78. The van der Waals surface area contributed by atoms with E-state index in [0.717, 1.165) is 37.7 Å². The lowest BCUT2D eigenvalue weighted by molar-refractivity contribution is -0.161. The van der Waals surface area contributed by atoms with Crippen molar-refractivity contribution in [3.63, 3.8) is 0 Å². The molecular formula is C19H24Cl2O5. The number of benzene rings is 1. The van der Waals surface area contributed by atoms with E-state index in [4.69, 9.17) is 27.9 Å². The molecule has 1 aromatic carbocycles. The normalized spacial score (nSPS) is 22.3. The van der Waals surface area contributed by atoms with Crippen molar-refractivity contribution < 1.29 is 24.2 Å². The van der Waals surface area contributed by atoms with Gasteiger partial charge in [0.2, 0.25) is 0 Å². The second-order valence-corrected chi connectivity index (χ2v) is 7.55. The number of hydrogen-bond donors (Lipinski definition) is 1. The Bertz CT molecular complexity index is 649. The van der Waals surface area contributed by atoms with Crippen LogP contribution >= 0.6 is 23.2 Å². The van der Waals surface area contributed by atoms with Crippen molar-refractivity contribution in [2.75, 3.05) is 7.11 Å². The Kier molecular flexibility index (Phi) is 7.74. The highest BCUT2D eigenvalue weighted by Gasteiger charge is 2.49. The van der Waals surface area contributed by atoms with E-state index in [1.165, 1.54) is 7.11 Å². The quantitative estimate of drug-likeness (QED) is 0.497. The molecule has 26 heavy (non-hydrogen) atoms. The van der Waals surface area contributed by atoms with Gasteiger partial charge in [-0.15, -0.1) is 0 Å². The van der Waals surface area contributed by atoms with E-state index in [9.17, 15) is 14.7 Å². The van der Waals surface area contributed by atoms with Crippen molar-refractivity contribution in [2.45, 2.75) is 63.1 Å². The summed E-state index contributed by atoms with van der Waals surface area (Å²) in [5.41, 5.74) is -0.656. The average molecular weight is 403 g/mol. The minimum Gasteiger partial charge on any atom is -0.469 e. The van der Waals surface area contributed by atoms with Crippen molar-refractivity contribution in [3.05, 3.63) is 33.8 Å². The predicted octanol–water partition coefficient (Wildman–Crippen LogP) is 4.10. The summed E-state index contributed by atoms with van der Waals surface area (Å²) in [5.74, 6) is -1.35. The van der Waals surface area contributed by atoms with Crippen LogP contribution in [0.4, 0.5) is 0 Å². The van der Waals surface area contributed by atoms with Crippen molar-refractivity contribution in [3.8, 4) is 0 Å². The topological polar surface area (TPSA) is 72.8 Å². The van der Waals surface area contributed by atoms with Crippen LogP contribution in [0, 0.1) is 0 Å². The van der Waals surface area contributed by atoms with Crippen LogP contribution in [0.15, 0.2) is 18.2 Å². The van der Waals surface area contributed by atoms with Gasteiger partial charge in [-0.25, -0.2) is 4.79 Å². The van der Waals surface area contributed by atoms with Crippen LogP contribution in [0.2, 0.25) is 10.0 Å². The highest BCUT2D eigenvalue weighted by atomic mass is 35.5. The fourth-order valence-corrected chi connectivity index (χ4v) is 3.65. The number of esters is 2. The van der Waals surface area contributed by atoms with Crippen LogP contribution in [-0.2, 0) is 25.5 Å². The second kappa shape index (κ2) is 9.58. The number of rotatable bonds is 9. The number of hydrogen-bond acceptors (Lipinski definition) is 5. The summed E-state index contributed by atoms with van der Waals surface area (Å²) in [4.78, 5) is 23.1. The molecule has 0 bridgehead atoms. The number of carbonyl (C=O) groups is 2. The summed E-state index contributed by atoms with van der Waals surface area (Å²) in [6, 6.07) is 5.54.